The number of benzene rings is 2. The van der Waals surface area contributed by atoms with Crippen LogP contribution in [-0.2, 0) is 16.2 Å². The van der Waals surface area contributed by atoms with Crippen LogP contribution in [0.1, 0.15) is 56.5 Å². The van der Waals surface area contributed by atoms with Gasteiger partial charge in [0.05, 0.1) is 25.3 Å². The summed E-state index contributed by atoms with van der Waals surface area (Å²) in [7, 11) is 2.44. The van der Waals surface area contributed by atoms with Gasteiger partial charge < -0.3 is 19.5 Å². The highest BCUT2D eigenvalue weighted by Crippen LogP contribution is 2.20. The van der Waals surface area contributed by atoms with Gasteiger partial charge in [-0.15, -0.1) is 0 Å². The van der Waals surface area contributed by atoms with E-state index in [-0.39, 0.29) is 29.2 Å². The summed E-state index contributed by atoms with van der Waals surface area (Å²) in [6.07, 6.45) is 1.61. The number of hydrogen-bond acceptors (Lipinski definition) is 7. The van der Waals surface area contributed by atoms with E-state index in [1.54, 1.807) is 6.20 Å². The van der Waals surface area contributed by atoms with Crippen LogP contribution < -0.4 is 10.1 Å². The van der Waals surface area contributed by atoms with Crippen LogP contribution in [0.25, 0.3) is 0 Å². The second-order valence-corrected chi connectivity index (χ2v) is 7.47. The molecule has 0 saturated carbocycles. The van der Waals surface area contributed by atoms with Crippen LogP contribution in [0.4, 0.5) is 5.69 Å². The first-order chi connectivity index (χ1) is 15.8. The predicted molar refractivity (Wildman–Crippen MR) is 120 cm³/mol. The molecule has 0 fully saturated rings. The minimum absolute atomic E-state index is 0.0955. The number of carbonyl (C=O) groups excluding carboxylic acids is 3. The fourth-order valence-electron chi connectivity index (χ4n) is 3.01. The van der Waals surface area contributed by atoms with Crippen LogP contribution in [0.3, 0.4) is 0 Å². The van der Waals surface area contributed by atoms with Gasteiger partial charge >= 0.3 is 11.9 Å². The average Bonchev–Trinajstić information content (AvgIpc) is 3.31. The van der Waals surface area contributed by atoms with E-state index in [9.17, 15) is 14.4 Å². The molecule has 0 aliphatic heterocycles. The van der Waals surface area contributed by atoms with E-state index < -0.39 is 17.8 Å². The number of nitrogens with zero attached hydrogens (tertiary/aromatic N) is 2. The molecule has 0 aliphatic rings. The van der Waals surface area contributed by atoms with Crippen molar-refractivity contribution in [3.63, 3.8) is 0 Å². The Morgan fingerprint density at radius 1 is 0.939 bits per heavy atom. The lowest BCUT2D eigenvalue weighted by Gasteiger charge is -2.09. The minimum Gasteiger partial charge on any atom is -0.471 e. The van der Waals surface area contributed by atoms with Gasteiger partial charge in [0.2, 0.25) is 0 Å². The monoisotopic (exact) mass is 451 g/mol. The lowest BCUT2D eigenvalue weighted by Crippen LogP contribution is -2.16. The molecule has 172 valence electrons. The second kappa shape index (κ2) is 10.4. The Morgan fingerprint density at radius 3 is 2.09 bits per heavy atom. The Hall–Kier alpha value is -4.14. The first-order valence-corrected chi connectivity index (χ1v) is 10.2. The van der Waals surface area contributed by atoms with Crippen molar-refractivity contribution in [2.45, 2.75) is 26.5 Å². The zero-order valence-electron chi connectivity index (χ0n) is 18.8. The SMILES string of the molecule is COC(=O)c1cc(NC(=O)c2ccn(COc3ccc(C(C)C)cc3)n2)cc(C(=O)OC)c1. The zero-order chi connectivity index (χ0) is 24.0. The van der Waals surface area contributed by atoms with Crippen LogP contribution >= 0.6 is 0 Å². The summed E-state index contributed by atoms with van der Waals surface area (Å²) in [4.78, 5) is 36.5. The average molecular weight is 451 g/mol. The Balaban J connectivity index is 1.68. The number of esters is 2. The number of ether oxygens (including phenoxy) is 3. The fourth-order valence-corrected chi connectivity index (χ4v) is 3.01. The van der Waals surface area contributed by atoms with Gasteiger partial charge in [-0.2, -0.15) is 5.10 Å². The molecule has 1 heterocycles. The van der Waals surface area contributed by atoms with Crippen molar-refractivity contribution in [3.8, 4) is 5.75 Å². The summed E-state index contributed by atoms with van der Waals surface area (Å²) in [6.45, 7) is 4.36. The first kappa shape index (κ1) is 23.5. The van der Waals surface area contributed by atoms with Crippen LogP contribution in [-0.4, -0.2) is 41.8 Å². The first-order valence-electron chi connectivity index (χ1n) is 10.2. The Labute approximate surface area is 191 Å². The molecule has 0 radical (unpaired) electrons. The van der Waals surface area contributed by atoms with Crippen molar-refractivity contribution in [3.05, 3.63) is 77.1 Å². The zero-order valence-corrected chi connectivity index (χ0v) is 18.8. The second-order valence-electron chi connectivity index (χ2n) is 7.47. The molecule has 0 saturated heterocycles. The number of aromatic nitrogens is 2. The van der Waals surface area contributed by atoms with E-state index in [0.717, 1.165) is 0 Å². The lowest BCUT2D eigenvalue weighted by atomic mass is 10.0. The molecule has 0 spiro atoms. The molecule has 9 nitrogen and oxygen atoms in total. The molecule has 9 heteroatoms. The van der Waals surface area contributed by atoms with Crippen molar-refractivity contribution in [2.75, 3.05) is 19.5 Å². The molecule has 0 atom stereocenters. The predicted octanol–water partition coefficient (Wildman–Crippen LogP) is 3.87. The third-order valence-electron chi connectivity index (χ3n) is 4.82. The molecule has 1 N–H and O–H groups in total. The van der Waals surface area contributed by atoms with E-state index in [0.29, 0.717) is 11.7 Å². The molecule has 1 amide bonds. The number of carbonyl (C=O) groups is 3. The van der Waals surface area contributed by atoms with Crippen LogP contribution in [0, 0.1) is 0 Å². The highest BCUT2D eigenvalue weighted by atomic mass is 16.5. The molecule has 1 aromatic heterocycles. The molecular weight excluding hydrogens is 426 g/mol. The van der Waals surface area contributed by atoms with Gasteiger partial charge in [-0.05, 0) is 47.9 Å². The molecule has 3 rings (SSSR count). The van der Waals surface area contributed by atoms with Crippen molar-refractivity contribution < 1.29 is 28.6 Å². The number of nitrogens with one attached hydrogen (secondary N) is 1. The summed E-state index contributed by atoms with van der Waals surface area (Å²) in [5.74, 6) is -0.704. The van der Waals surface area contributed by atoms with Crippen molar-refractivity contribution >= 4 is 23.5 Å². The third-order valence-corrected chi connectivity index (χ3v) is 4.82. The summed E-state index contributed by atoms with van der Waals surface area (Å²) < 4.78 is 16.6. The van der Waals surface area contributed by atoms with Gasteiger partial charge in [0.1, 0.15) is 5.75 Å². The Bertz CT molecular complexity index is 1120. The Kier molecular flexibility index (Phi) is 7.45. The van der Waals surface area contributed by atoms with Gasteiger partial charge in [-0.3, -0.25) is 4.79 Å². The maximum absolute atomic E-state index is 12.6. The van der Waals surface area contributed by atoms with Crippen molar-refractivity contribution in [1.82, 2.24) is 9.78 Å². The van der Waals surface area contributed by atoms with E-state index in [2.05, 4.69) is 24.3 Å². The minimum atomic E-state index is -0.654. The molecule has 0 aliphatic carbocycles. The summed E-state index contributed by atoms with van der Waals surface area (Å²) in [6, 6.07) is 13.5. The largest absolute Gasteiger partial charge is 0.471 e. The van der Waals surface area contributed by atoms with E-state index >= 15 is 0 Å². The number of amides is 1. The smallest absolute Gasteiger partial charge is 0.337 e. The quantitative estimate of drug-likeness (QED) is 0.518. The van der Waals surface area contributed by atoms with Gasteiger partial charge in [0.15, 0.2) is 12.4 Å². The van der Waals surface area contributed by atoms with Crippen LogP contribution in [0.2, 0.25) is 0 Å². The maximum atomic E-state index is 12.6. The standard InChI is InChI=1S/C24H25N3O6/c1-15(2)16-5-7-20(8-6-16)33-14-27-10-9-21(26-27)22(28)25-19-12-17(23(29)31-3)11-18(13-19)24(30)32-4/h5-13,15H,14H2,1-4H3,(H,25,28). The Morgan fingerprint density at radius 2 is 1.55 bits per heavy atom. The summed E-state index contributed by atoms with van der Waals surface area (Å²) in [5.41, 5.74) is 1.76. The highest BCUT2D eigenvalue weighted by Gasteiger charge is 2.16. The molecule has 33 heavy (non-hydrogen) atoms. The fraction of sp³-hybridized carbons (Fsp3) is 0.250. The highest BCUT2D eigenvalue weighted by molar-refractivity contribution is 6.04. The molecule has 2 aromatic carbocycles. The van der Waals surface area contributed by atoms with E-state index in [1.165, 1.54) is 48.7 Å². The van der Waals surface area contributed by atoms with Crippen molar-refractivity contribution in [2.24, 2.45) is 0 Å². The van der Waals surface area contributed by atoms with Crippen LogP contribution in [0.5, 0.6) is 5.75 Å². The topological polar surface area (TPSA) is 109 Å². The number of hydrogen-bond donors (Lipinski definition) is 1. The maximum Gasteiger partial charge on any atom is 0.337 e. The molecule has 0 unspecified atom stereocenters. The van der Waals surface area contributed by atoms with Crippen molar-refractivity contribution in [1.29, 1.82) is 0 Å². The van der Waals surface area contributed by atoms with E-state index in [1.807, 2.05) is 24.3 Å². The molecular formula is C24H25N3O6. The van der Waals surface area contributed by atoms with Gasteiger partial charge in [-0.25, -0.2) is 14.3 Å². The van der Waals surface area contributed by atoms with Crippen LogP contribution in [0.15, 0.2) is 54.7 Å². The summed E-state index contributed by atoms with van der Waals surface area (Å²) >= 11 is 0. The van der Waals surface area contributed by atoms with Gasteiger partial charge in [-0.1, -0.05) is 26.0 Å². The van der Waals surface area contributed by atoms with Gasteiger partial charge in [0, 0.05) is 11.9 Å². The number of rotatable bonds is 8. The normalized spacial score (nSPS) is 10.6. The van der Waals surface area contributed by atoms with Gasteiger partial charge in [0.25, 0.3) is 5.91 Å². The third kappa shape index (κ3) is 5.97. The van der Waals surface area contributed by atoms with E-state index in [4.69, 9.17) is 14.2 Å². The summed E-state index contributed by atoms with van der Waals surface area (Å²) in [5, 5.41) is 6.84. The lowest BCUT2D eigenvalue weighted by molar-refractivity contribution is 0.0599. The molecule has 0 bridgehead atoms. The number of anilines is 1. The number of methoxy groups -OCH3 is 2. The molecule has 3 aromatic rings.